The van der Waals surface area contributed by atoms with Gasteiger partial charge in [-0.3, -0.25) is 4.79 Å². The number of hydrogen-bond donors (Lipinski definition) is 2. The molecule has 128 valence electrons. The van der Waals surface area contributed by atoms with E-state index >= 15 is 0 Å². The molecule has 0 aromatic heterocycles. The van der Waals surface area contributed by atoms with E-state index in [9.17, 15) is 13.2 Å². The van der Waals surface area contributed by atoms with E-state index in [4.69, 9.17) is 4.74 Å². The van der Waals surface area contributed by atoms with Gasteiger partial charge in [0.25, 0.3) is 5.91 Å². The summed E-state index contributed by atoms with van der Waals surface area (Å²) in [6, 6.07) is 13.2. The van der Waals surface area contributed by atoms with Gasteiger partial charge in [-0.05, 0) is 35.9 Å². The Hall–Kier alpha value is -2.22. The zero-order valence-corrected chi connectivity index (χ0v) is 14.4. The summed E-state index contributed by atoms with van der Waals surface area (Å²) in [5.41, 5.74) is 1.82. The molecule has 0 radical (unpaired) electrons. The van der Waals surface area contributed by atoms with Gasteiger partial charge in [0, 0.05) is 24.9 Å². The zero-order chi connectivity index (χ0) is 17.6. The van der Waals surface area contributed by atoms with Crippen molar-refractivity contribution < 1.29 is 17.9 Å². The lowest BCUT2D eigenvalue weighted by atomic mass is 10.2. The molecule has 0 saturated heterocycles. The molecule has 2 aromatic rings. The molecule has 0 aliphatic rings. The molecular weight excluding hydrogens is 328 g/mol. The Morgan fingerprint density at radius 1 is 1.12 bits per heavy atom. The van der Waals surface area contributed by atoms with Crippen molar-refractivity contribution in [3.05, 3.63) is 59.7 Å². The first-order valence-corrected chi connectivity index (χ1v) is 8.93. The van der Waals surface area contributed by atoms with Crippen LogP contribution in [0.25, 0.3) is 0 Å². The third-order valence-corrected chi connectivity index (χ3v) is 4.78. The second-order valence-electron chi connectivity index (χ2n) is 5.12. The van der Waals surface area contributed by atoms with Crippen molar-refractivity contribution in [2.24, 2.45) is 0 Å². The van der Waals surface area contributed by atoms with Crippen LogP contribution < -0.4 is 10.0 Å². The number of benzene rings is 2. The SMILES string of the molecule is CCNS(=O)(=O)c1cccc(C(=O)Nc2cccc(COC)c2)c1. The fourth-order valence-corrected chi connectivity index (χ4v) is 3.27. The maximum atomic E-state index is 12.4. The van der Waals surface area contributed by atoms with Crippen LogP contribution >= 0.6 is 0 Å². The topological polar surface area (TPSA) is 84.5 Å². The van der Waals surface area contributed by atoms with Crippen LogP contribution in [0.15, 0.2) is 53.4 Å². The van der Waals surface area contributed by atoms with Crippen LogP contribution in [0, 0.1) is 0 Å². The van der Waals surface area contributed by atoms with E-state index < -0.39 is 10.0 Å². The van der Waals surface area contributed by atoms with Crippen LogP contribution in [0.1, 0.15) is 22.8 Å². The summed E-state index contributed by atoms with van der Waals surface area (Å²) in [4.78, 5) is 12.4. The number of carbonyl (C=O) groups excluding carboxylic acids is 1. The third-order valence-electron chi connectivity index (χ3n) is 3.24. The molecule has 0 atom stereocenters. The fourth-order valence-electron chi connectivity index (χ4n) is 2.19. The Kier molecular flexibility index (Phi) is 6.08. The lowest BCUT2D eigenvalue weighted by molar-refractivity contribution is 0.102. The number of carbonyl (C=O) groups is 1. The van der Waals surface area contributed by atoms with Gasteiger partial charge in [-0.2, -0.15) is 0 Å². The minimum Gasteiger partial charge on any atom is -0.380 e. The first-order valence-electron chi connectivity index (χ1n) is 7.45. The normalized spacial score (nSPS) is 11.2. The van der Waals surface area contributed by atoms with E-state index in [1.165, 1.54) is 12.1 Å². The number of nitrogens with one attached hydrogen (secondary N) is 2. The molecule has 2 aromatic carbocycles. The largest absolute Gasteiger partial charge is 0.380 e. The van der Waals surface area contributed by atoms with Crippen LogP contribution in [0.3, 0.4) is 0 Å². The maximum absolute atomic E-state index is 12.4. The van der Waals surface area contributed by atoms with Gasteiger partial charge < -0.3 is 10.1 Å². The molecule has 0 saturated carbocycles. The zero-order valence-electron chi connectivity index (χ0n) is 13.6. The van der Waals surface area contributed by atoms with Crippen LogP contribution in [-0.2, 0) is 21.4 Å². The van der Waals surface area contributed by atoms with Gasteiger partial charge >= 0.3 is 0 Å². The Morgan fingerprint density at radius 2 is 1.88 bits per heavy atom. The number of amides is 1. The molecule has 0 spiro atoms. The summed E-state index contributed by atoms with van der Waals surface area (Å²) in [7, 11) is -2.00. The molecule has 0 heterocycles. The average Bonchev–Trinajstić information content (AvgIpc) is 2.55. The van der Waals surface area contributed by atoms with Crippen LogP contribution in [-0.4, -0.2) is 28.0 Å². The van der Waals surface area contributed by atoms with E-state index in [0.717, 1.165) is 5.56 Å². The second-order valence-corrected chi connectivity index (χ2v) is 6.88. The molecule has 0 fully saturated rings. The third kappa shape index (κ3) is 4.64. The van der Waals surface area contributed by atoms with Gasteiger partial charge in [0.15, 0.2) is 0 Å². The molecule has 0 bridgehead atoms. The average molecular weight is 348 g/mol. The molecule has 0 aliphatic heterocycles. The van der Waals surface area contributed by atoms with Crippen molar-refractivity contribution in [2.75, 3.05) is 19.0 Å². The second kappa shape index (κ2) is 8.05. The number of hydrogen-bond acceptors (Lipinski definition) is 4. The number of rotatable bonds is 7. The monoisotopic (exact) mass is 348 g/mol. The predicted molar refractivity (Wildman–Crippen MR) is 92.4 cm³/mol. The lowest BCUT2D eigenvalue weighted by Crippen LogP contribution is -2.23. The molecule has 7 heteroatoms. The Balaban J connectivity index is 2.20. The highest BCUT2D eigenvalue weighted by Gasteiger charge is 2.15. The molecule has 24 heavy (non-hydrogen) atoms. The minimum atomic E-state index is -3.60. The first kappa shape index (κ1) is 18.1. The smallest absolute Gasteiger partial charge is 0.255 e. The van der Waals surface area contributed by atoms with Crippen LogP contribution in [0.4, 0.5) is 5.69 Å². The van der Waals surface area contributed by atoms with Gasteiger partial charge in [-0.15, -0.1) is 0 Å². The molecule has 6 nitrogen and oxygen atoms in total. The van der Waals surface area contributed by atoms with Crippen molar-refractivity contribution in [3.63, 3.8) is 0 Å². The van der Waals surface area contributed by atoms with E-state index in [0.29, 0.717) is 12.3 Å². The van der Waals surface area contributed by atoms with Crippen molar-refractivity contribution >= 4 is 21.6 Å². The van der Waals surface area contributed by atoms with Crippen molar-refractivity contribution in [1.82, 2.24) is 4.72 Å². The standard InChI is InChI=1S/C17H20N2O4S/c1-3-18-24(21,22)16-9-5-7-14(11-16)17(20)19-15-8-4-6-13(10-15)12-23-2/h4-11,18H,3,12H2,1-2H3,(H,19,20). The van der Waals surface area contributed by atoms with Crippen LogP contribution in [0.2, 0.25) is 0 Å². The van der Waals surface area contributed by atoms with Crippen molar-refractivity contribution in [1.29, 1.82) is 0 Å². The maximum Gasteiger partial charge on any atom is 0.255 e. The Morgan fingerprint density at radius 3 is 2.58 bits per heavy atom. The quantitative estimate of drug-likeness (QED) is 0.805. The number of methoxy groups -OCH3 is 1. The predicted octanol–water partition coefficient (Wildman–Crippen LogP) is 2.38. The number of ether oxygens (including phenoxy) is 1. The highest BCUT2D eigenvalue weighted by atomic mass is 32.2. The van der Waals surface area contributed by atoms with E-state index in [2.05, 4.69) is 10.0 Å². The molecule has 2 rings (SSSR count). The fraction of sp³-hybridized carbons (Fsp3) is 0.235. The van der Waals surface area contributed by atoms with Crippen molar-refractivity contribution in [2.45, 2.75) is 18.4 Å². The minimum absolute atomic E-state index is 0.0603. The summed E-state index contributed by atoms with van der Waals surface area (Å²) in [6.45, 7) is 2.42. The molecule has 2 N–H and O–H groups in total. The summed E-state index contributed by atoms with van der Waals surface area (Å²) in [5.74, 6) is -0.377. The van der Waals surface area contributed by atoms with Crippen LogP contribution in [0.5, 0.6) is 0 Å². The Bertz CT molecular complexity index is 819. The molecule has 0 aliphatic carbocycles. The lowest BCUT2D eigenvalue weighted by Gasteiger charge is -2.09. The molecule has 0 unspecified atom stereocenters. The van der Waals surface area contributed by atoms with Gasteiger partial charge in [0.1, 0.15) is 0 Å². The summed E-state index contributed by atoms with van der Waals surface area (Å²) < 4.78 is 31.5. The first-order chi connectivity index (χ1) is 11.5. The van der Waals surface area contributed by atoms with E-state index in [-0.39, 0.29) is 22.9 Å². The highest BCUT2D eigenvalue weighted by Crippen LogP contribution is 2.15. The molecule has 1 amide bonds. The Labute approximate surface area is 141 Å². The number of sulfonamides is 1. The number of anilines is 1. The van der Waals surface area contributed by atoms with Crippen molar-refractivity contribution in [3.8, 4) is 0 Å². The summed E-state index contributed by atoms with van der Waals surface area (Å²) in [6.07, 6.45) is 0. The van der Waals surface area contributed by atoms with Gasteiger partial charge in [-0.1, -0.05) is 25.1 Å². The summed E-state index contributed by atoms with van der Waals surface area (Å²) >= 11 is 0. The van der Waals surface area contributed by atoms with E-state index in [1.54, 1.807) is 38.3 Å². The van der Waals surface area contributed by atoms with E-state index in [1.807, 2.05) is 12.1 Å². The van der Waals surface area contributed by atoms with Gasteiger partial charge in [0.05, 0.1) is 11.5 Å². The highest BCUT2D eigenvalue weighted by molar-refractivity contribution is 7.89. The van der Waals surface area contributed by atoms with Gasteiger partial charge in [0.2, 0.25) is 10.0 Å². The molecular formula is C17H20N2O4S. The van der Waals surface area contributed by atoms with Gasteiger partial charge in [-0.25, -0.2) is 13.1 Å². The summed E-state index contributed by atoms with van der Waals surface area (Å²) in [5, 5.41) is 2.76.